The Labute approximate surface area is 124 Å². The molecule has 0 aromatic rings. The minimum absolute atomic E-state index is 0.0283. The average molecular weight is 287 g/mol. The molecule has 0 aliphatic rings. The molecule has 120 valence electrons. The highest BCUT2D eigenvalue weighted by molar-refractivity contribution is 5.83. The zero-order valence-corrected chi connectivity index (χ0v) is 13.4. The molecule has 1 unspecified atom stereocenters. The molecule has 0 aliphatic heterocycles. The van der Waals surface area contributed by atoms with Crippen LogP contribution in [0.5, 0.6) is 0 Å². The van der Waals surface area contributed by atoms with E-state index in [0.717, 1.165) is 38.9 Å². The molecule has 0 bridgehead atoms. The lowest BCUT2D eigenvalue weighted by atomic mass is 10.1. The molecule has 0 saturated carbocycles. The molecule has 20 heavy (non-hydrogen) atoms. The standard InChI is InChI=1S/C10H20N2O2.C5H13N/c1-3-11-7-5-4-6-10(9(2)14)12-8-13;1-2-3-4-5-6/h8,10-11H,3-7H2,1-2H3,(H,12,13);2-6H2,1H3. The number of Topliss-reactive ketones (excluding diaryl/α,β-unsaturated/α-hetero) is 1. The summed E-state index contributed by atoms with van der Waals surface area (Å²) in [7, 11) is 0. The number of rotatable bonds is 12. The van der Waals surface area contributed by atoms with Gasteiger partial charge in [-0.3, -0.25) is 9.59 Å². The first-order chi connectivity index (χ1) is 9.63. The number of hydrogen-bond donors (Lipinski definition) is 3. The molecule has 1 atom stereocenters. The number of amides is 1. The van der Waals surface area contributed by atoms with Crippen molar-refractivity contribution in [2.45, 2.75) is 65.3 Å². The van der Waals surface area contributed by atoms with Gasteiger partial charge in [0.25, 0.3) is 0 Å². The number of carbonyl (C=O) groups excluding carboxylic acids is 2. The maximum atomic E-state index is 11.0. The number of nitrogens with one attached hydrogen (secondary N) is 2. The van der Waals surface area contributed by atoms with Crippen LogP contribution in [0.4, 0.5) is 0 Å². The first kappa shape index (κ1) is 21.4. The highest BCUT2D eigenvalue weighted by Gasteiger charge is 2.11. The Balaban J connectivity index is 0. The van der Waals surface area contributed by atoms with E-state index < -0.39 is 0 Å². The smallest absolute Gasteiger partial charge is 0.207 e. The number of nitrogens with two attached hydrogens (primary N) is 1. The SMILES string of the molecule is CCCCCN.CCNCCCCC(NC=O)C(C)=O. The van der Waals surface area contributed by atoms with Gasteiger partial charge >= 0.3 is 0 Å². The third-order valence-corrected chi connectivity index (χ3v) is 2.91. The summed E-state index contributed by atoms with van der Waals surface area (Å²) in [6.07, 6.45) is 7.08. The largest absolute Gasteiger partial charge is 0.349 e. The molecule has 0 aliphatic carbocycles. The number of hydrogen-bond acceptors (Lipinski definition) is 4. The molecule has 0 aromatic carbocycles. The van der Waals surface area contributed by atoms with Crippen molar-refractivity contribution in [2.75, 3.05) is 19.6 Å². The molecule has 0 rings (SSSR count). The fourth-order valence-corrected chi connectivity index (χ4v) is 1.66. The topological polar surface area (TPSA) is 84.2 Å². The molecule has 0 spiro atoms. The number of carbonyl (C=O) groups is 2. The van der Waals surface area contributed by atoms with Gasteiger partial charge < -0.3 is 16.4 Å². The van der Waals surface area contributed by atoms with Gasteiger partial charge in [0.05, 0.1) is 6.04 Å². The second-order valence-electron chi connectivity index (χ2n) is 4.79. The van der Waals surface area contributed by atoms with Gasteiger partial charge in [-0.2, -0.15) is 0 Å². The van der Waals surface area contributed by atoms with Crippen LogP contribution < -0.4 is 16.4 Å². The normalized spacial score (nSPS) is 11.2. The molecule has 1 amide bonds. The second-order valence-corrected chi connectivity index (χ2v) is 4.79. The molecule has 0 fully saturated rings. The van der Waals surface area contributed by atoms with Crippen molar-refractivity contribution in [1.82, 2.24) is 10.6 Å². The Bertz CT molecular complexity index is 219. The van der Waals surface area contributed by atoms with Gasteiger partial charge in [-0.25, -0.2) is 0 Å². The van der Waals surface area contributed by atoms with Crippen molar-refractivity contribution in [2.24, 2.45) is 5.73 Å². The lowest BCUT2D eigenvalue weighted by Gasteiger charge is -2.11. The van der Waals surface area contributed by atoms with Crippen LogP contribution >= 0.6 is 0 Å². The summed E-state index contributed by atoms with van der Waals surface area (Å²) in [5, 5.41) is 5.73. The minimum Gasteiger partial charge on any atom is -0.349 e. The van der Waals surface area contributed by atoms with Crippen LogP contribution in [0.2, 0.25) is 0 Å². The van der Waals surface area contributed by atoms with E-state index in [0.29, 0.717) is 6.41 Å². The van der Waals surface area contributed by atoms with Gasteiger partial charge in [0, 0.05) is 0 Å². The molecule has 0 heterocycles. The maximum absolute atomic E-state index is 11.0. The lowest BCUT2D eigenvalue weighted by molar-refractivity contribution is -0.122. The summed E-state index contributed by atoms with van der Waals surface area (Å²) >= 11 is 0. The Hall–Kier alpha value is -0.940. The zero-order valence-electron chi connectivity index (χ0n) is 13.4. The molecule has 0 saturated heterocycles. The van der Waals surface area contributed by atoms with Crippen LogP contribution in [0.25, 0.3) is 0 Å². The van der Waals surface area contributed by atoms with E-state index in [-0.39, 0.29) is 11.8 Å². The van der Waals surface area contributed by atoms with Crippen molar-refractivity contribution >= 4 is 12.2 Å². The van der Waals surface area contributed by atoms with E-state index in [1.807, 2.05) is 0 Å². The first-order valence-corrected chi connectivity index (χ1v) is 7.74. The zero-order chi connectivity index (χ0) is 15.6. The molecular weight excluding hydrogens is 254 g/mol. The second kappa shape index (κ2) is 18.1. The van der Waals surface area contributed by atoms with E-state index >= 15 is 0 Å². The fraction of sp³-hybridized carbons (Fsp3) is 0.867. The van der Waals surface area contributed by atoms with E-state index in [1.54, 1.807) is 0 Å². The van der Waals surface area contributed by atoms with Gasteiger partial charge in [0.1, 0.15) is 0 Å². The quantitative estimate of drug-likeness (QED) is 0.376. The third kappa shape index (κ3) is 17.1. The molecule has 5 nitrogen and oxygen atoms in total. The van der Waals surface area contributed by atoms with Gasteiger partial charge in [0.15, 0.2) is 5.78 Å². The fourth-order valence-electron chi connectivity index (χ4n) is 1.66. The van der Waals surface area contributed by atoms with Gasteiger partial charge in [-0.1, -0.05) is 26.7 Å². The first-order valence-electron chi connectivity index (χ1n) is 7.74. The summed E-state index contributed by atoms with van der Waals surface area (Å²) in [4.78, 5) is 21.2. The Morgan fingerprint density at radius 3 is 2.30 bits per heavy atom. The Kier molecular flexibility index (Phi) is 19.3. The number of unbranched alkanes of at least 4 members (excludes halogenated alkanes) is 3. The summed E-state index contributed by atoms with van der Waals surface area (Å²) in [5.74, 6) is 0.0283. The molecular formula is C15H33N3O2. The van der Waals surface area contributed by atoms with E-state index in [9.17, 15) is 9.59 Å². The summed E-state index contributed by atoms with van der Waals surface area (Å²) in [5.41, 5.74) is 5.21. The van der Waals surface area contributed by atoms with Crippen molar-refractivity contribution in [3.63, 3.8) is 0 Å². The average Bonchev–Trinajstić information content (AvgIpc) is 2.44. The monoisotopic (exact) mass is 287 g/mol. The number of ketones is 1. The minimum atomic E-state index is -0.297. The maximum Gasteiger partial charge on any atom is 0.207 e. The van der Waals surface area contributed by atoms with Crippen LogP contribution in [-0.2, 0) is 9.59 Å². The lowest BCUT2D eigenvalue weighted by Crippen LogP contribution is -2.34. The predicted molar refractivity (Wildman–Crippen MR) is 84.6 cm³/mol. The van der Waals surface area contributed by atoms with Crippen LogP contribution in [0.1, 0.15) is 59.3 Å². The van der Waals surface area contributed by atoms with E-state index in [4.69, 9.17) is 5.73 Å². The molecule has 4 N–H and O–H groups in total. The van der Waals surface area contributed by atoms with E-state index in [2.05, 4.69) is 24.5 Å². The summed E-state index contributed by atoms with van der Waals surface area (Å²) < 4.78 is 0. The van der Waals surface area contributed by atoms with Crippen LogP contribution in [0.3, 0.4) is 0 Å². The van der Waals surface area contributed by atoms with Crippen LogP contribution in [0, 0.1) is 0 Å². The summed E-state index contributed by atoms with van der Waals surface area (Å²) in [6, 6.07) is -0.297. The van der Waals surface area contributed by atoms with Crippen molar-refractivity contribution in [1.29, 1.82) is 0 Å². The highest BCUT2D eigenvalue weighted by Crippen LogP contribution is 2.00. The summed E-state index contributed by atoms with van der Waals surface area (Å²) in [6.45, 7) is 8.55. The van der Waals surface area contributed by atoms with Crippen molar-refractivity contribution in [3.05, 3.63) is 0 Å². The van der Waals surface area contributed by atoms with Crippen molar-refractivity contribution < 1.29 is 9.59 Å². The van der Waals surface area contributed by atoms with Crippen molar-refractivity contribution in [3.8, 4) is 0 Å². The Morgan fingerprint density at radius 2 is 1.90 bits per heavy atom. The van der Waals surface area contributed by atoms with E-state index in [1.165, 1.54) is 26.2 Å². The molecule has 0 aromatic heterocycles. The van der Waals surface area contributed by atoms with Gasteiger partial charge in [0.2, 0.25) is 6.41 Å². The Morgan fingerprint density at radius 1 is 1.20 bits per heavy atom. The van der Waals surface area contributed by atoms with Gasteiger partial charge in [-0.05, 0) is 52.2 Å². The molecule has 0 radical (unpaired) electrons. The highest BCUT2D eigenvalue weighted by atomic mass is 16.1. The van der Waals surface area contributed by atoms with Crippen LogP contribution in [-0.4, -0.2) is 37.9 Å². The predicted octanol–water partition coefficient (Wildman–Crippen LogP) is 1.61. The van der Waals surface area contributed by atoms with Crippen LogP contribution in [0.15, 0.2) is 0 Å². The third-order valence-electron chi connectivity index (χ3n) is 2.91. The molecule has 5 heteroatoms. The van der Waals surface area contributed by atoms with Gasteiger partial charge in [-0.15, -0.1) is 0 Å².